The molecule has 2 atom stereocenters. The summed E-state index contributed by atoms with van der Waals surface area (Å²) in [6.45, 7) is 0. The molecule has 0 amide bonds. The molecule has 0 bridgehead atoms. The summed E-state index contributed by atoms with van der Waals surface area (Å²) in [5.41, 5.74) is 8.55. The highest BCUT2D eigenvalue weighted by Crippen LogP contribution is 2.39. The van der Waals surface area contributed by atoms with Crippen LogP contribution in [0.2, 0.25) is 0 Å². The van der Waals surface area contributed by atoms with Gasteiger partial charge in [0.05, 0.1) is 0 Å². The molecule has 1 aliphatic rings. The van der Waals surface area contributed by atoms with E-state index >= 15 is 0 Å². The van der Waals surface area contributed by atoms with Gasteiger partial charge in [0.2, 0.25) is 0 Å². The summed E-state index contributed by atoms with van der Waals surface area (Å²) in [6.07, 6.45) is 3.25. The maximum absolute atomic E-state index is 5.85. The molecular formula is C12H14N2. The van der Waals surface area contributed by atoms with Gasteiger partial charge in [-0.3, -0.25) is 0 Å². The molecule has 0 spiro atoms. The molecule has 0 radical (unpaired) electrons. The minimum atomic E-state index is 0.396. The molecule has 1 fully saturated rings. The number of nitrogens with zero attached hydrogens (tertiary/aromatic N) is 1. The van der Waals surface area contributed by atoms with E-state index in [1.54, 1.807) is 0 Å². The Hall–Kier alpha value is -1.28. The predicted molar refractivity (Wildman–Crippen MR) is 58.3 cm³/mol. The molecule has 1 saturated carbocycles. The van der Waals surface area contributed by atoms with Crippen molar-refractivity contribution < 1.29 is 0 Å². The molecule has 0 unspecified atom stereocenters. The molecule has 2 heteroatoms. The minimum absolute atomic E-state index is 0.396. The van der Waals surface area contributed by atoms with Gasteiger partial charge in [0.25, 0.3) is 0 Å². The molecule has 1 aromatic heterocycles. The normalized spacial score (nSPS) is 25.6. The molecule has 14 heavy (non-hydrogen) atoms. The van der Waals surface area contributed by atoms with Crippen molar-refractivity contribution in [3.63, 3.8) is 0 Å². The number of hydrogen-bond acceptors (Lipinski definition) is 1. The number of aryl methyl sites for hydroxylation is 1. The number of hydrogen-bond donors (Lipinski definition) is 1. The first kappa shape index (κ1) is 8.06. The molecule has 2 N–H and O–H groups in total. The SMILES string of the molecule is Cn1ccc2ccc([C@@H]3C[C@H]3N)cc21. The van der Waals surface area contributed by atoms with Crippen molar-refractivity contribution in [2.45, 2.75) is 18.4 Å². The van der Waals surface area contributed by atoms with Crippen molar-refractivity contribution in [1.82, 2.24) is 4.57 Å². The average Bonchev–Trinajstić information content (AvgIpc) is 2.81. The second-order valence-electron chi connectivity index (χ2n) is 4.25. The molecule has 1 heterocycles. The summed E-state index contributed by atoms with van der Waals surface area (Å²) < 4.78 is 2.16. The van der Waals surface area contributed by atoms with Crippen LogP contribution in [0, 0.1) is 0 Å². The standard InChI is InChI=1S/C12H14N2/c1-14-5-4-8-2-3-9(6-12(8)14)10-7-11(10)13/h2-6,10-11H,7,13H2,1H3/t10-,11+/m0/s1. The maximum Gasteiger partial charge on any atom is 0.0480 e. The largest absolute Gasteiger partial charge is 0.351 e. The number of rotatable bonds is 1. The van der Waals surface area contributed by atoms with Crippen molar-refractivity contribution in [2.24, 2.45) is 12.8 Å². The van der Waals surface area contributed by atoms with Crippen molar-refractivity contribution in [2.75, 3.05) is 0 Å². The van der Waals surface area contributed by atoms with E-state index in [2.05, 4.69) is 42.1 Å². The Morgan fingerprint density at radius 1 is 1.36 bits per heavy atom. The topological polar surface area (TPSA) is 30.9 Å². The van der Waals surface area contributed by atoms with Crippen LogP contribution in [0.5, 0.6) is 0 Å². The van der Waals surface area contributed by atoms with Gasteiger partial charge in [-0.05, 0) is 29.5 Å². The smallest absolute Gasteiger partial charge is 0.0480 e. The van der Waals surface area contributed by atoms with Crippen molar-refractivity contribution in [1.29, 1.82) is 0 Å². The highest BCUT2D eigenvalue weighted by Gasteiger charge is 2.34. The van der Waals surface area contributed by atoms with Gasteiger partial charge in [-0.15, -0.1) is 0 Å². The fourth-order valence-corrected chi connectivity index (χ4v) is 2.11. The summed E-state index contributed by atoms with van der Waals surface area (Å²) in [6, 6.07) is 9.21. The van der Waals surface area contributed by atoms with Gasteiger partial charge in [-0.1, -0.05) is 12.1 Å². The molecule has 2 aromatic rings. The van der Waals surface area contributed by atoms with E-state index < -0.39 is 0 Å². The van der Waals surface area contributed by atoms with E-state index in [0.29, 0.717) is 12.0 Å². The second kappa shape index (κ2) is 2.61. The Morgan fingerprint density at radius 2 is 2.14 bits per heavy atom. The molecule has 2 nitrogen and oxygen atoms in total. The van der Waals surface area contributed by atoms with E-state index in [1.807, 2.05) is 0 Å². The fourth-order valence-electron chi connectivity index (χ4n) is 2.11. The number of fused-ring (bicyclic) bond motifs is 1. The van der Waals surface area contributed by atoms with Crippen LogP contribution < -0.4 is 5.73 Å². The van der Waals surface area contributed by atoms with Crippen LogP contribution in [0.25, 0.3) is 10.9 Å². The molecule has 0 saturated heterocycles. The van der Waals surface area contributed by atoms with Gasteiger partial charge in [0.1, 0.15) is 0 Å². The van der Waals surface area contributed by atoms with Crippen LogP contribution in [0.4, 0.5) is 0 Å². The van der Waals surface area contributed by atoms with Gasteiger partial charge >= 0.3 is 0 Å². The zero-order chi connectivity index (χ0) is 9.71. The zero-order valence-corrected chi connectivity index (χ0v) is 8.27. The minimum Gasteiger partial charge on any atom is -0.351 e. The van der Waals surface area contributed by atoms with E-state index in [4.69, 9.17) is 5.73 Å². The number of aromatic nitrogens is 1. The summed E-state index contributed by atoms with van der Waals surface area (Å²) in [7, 11) is 2.08. The molecule has 1 aliphatic carbocycles. The number of nitrogens with two attached hydrogens (primary N) is 1. The summed E-state index contributed by atoms with van der Waals surface area (Å²) in [4.78, 5) is 0. The van der Waals surface area contributed by atoms with E-state index in [0.717, 1.165) is 6.42 Å². The van der Waals surface area contributed by atoms with Crippen molar-refractivity contribution in [3.8, 4) is 0 Å². The van der Waals surface area contributed by atoms with E-state index in [9.17, 15) is 0 Å². The number of benzene rings is 1. The third-order valence-corrected chi connectivity index (χ3v) is 3.18. The fraction of sp³-hybridized carbons (Fsp3) is 0.333. The molecule has 1 aromatic carbocycles. The van der Waals surface area contributed by atoms with Crippen molar-refractivity contribution in [3.05, 3.63) is 36.0 Å². The Bertz CT molecular complexity index is 484. The van der Waals surface area contributed by atoms with E-state index in [1.165, 1.54) is 16.5 Å². The van der Waals surface area contributed by atoms with Crippen LogP contribution in [-0.4, -0.2) is 10.6 Å². The third kappa shape index (κ3) is 1.07. The first-order chi connectivity index (χ1) is 6.75. The maximum atomic E-state index is 5.85. The predicted octanol–water partition coefficient (Wildman–Crippen LogP) is 1.99. The quantitative estimate of drug-likeness (QED) is 0.725. The summed E-state index contributed by atoms with van der Waals surface area (Å²) >= 11 is 0. The lowest BCUT2D eigenvalue weighted by atomic mass is 10.1. The lowest BCUT2D eigenvalue weighted by Gasteiger charge is -2.01. The Balaban J connectivity index is 2.14. The molecule has 0 aliphatic heterocycles. The lowest BCUT2D eigenvalue weighted by Crippen LogP contribution is -2.00. The van der Waals surface area contributed by atoms with Gasteiger partial charge in [-0.25, -0.2) is 0 Å². The third-order valence-electron chi connectivity index (χ3n) is 3.18. The summed E-state index contributed by atoms with van der Waals surface area (Å²) in [5, 5.41) is 1.31. The molecular weight excluding hydrogens is 172 g/mol. The molecule has 72 valence electrons. The van der Waals surface area contributed by atoms with Gasteiger partial charge in [0, 0.05) is 30.7 Å². The van der Waals surface area contributed by atoms with Crippen LogP contribution in [0.3, 0.4) is 0 Å². The van der Waals surface area contributed by atoms with E-state index in [-0.39, 0.29) is 0 Å². The Labute approximate surface area is 83.3 Å². The Kier molecular flexibility index (Phi) is 1.50. The highest BCUT2D eigenvalue weighted by molar-refractivity contribution is 5.81. The van der Waals surface area contributed by atoms with Crippen LogP contribution >= 0.6 is 0 Å². The lowest BCUT2D eigenvalue weighted by molar-refractivity contribution is 0.960. The monoisotopic (exact) mass is 186 g/mol. The van der Waals surface area contributed by atoms with Gasteiger partial charge in [0.15, 0.2) is 0 Å². The van der Waals surface area contributed by atoms with Crippen molar-refractivity contribution >= 4 is 10.9 Å². The first-order valence-corrected chi connectivity index (χ1v) is 5.06. The first-order valence-electron chi connectivity index (χ1n) is 5.06. The van der Waals surface area contributed by atoms with Crippen LogP contribution in [0.15, 0.2) is 30.5 Å². The molecule has 3 rings (SSSR count). The zero-order valence-electron chi connectivity index (χ0n) is 8.27. The summed E-state index contributed by atoms with van der Waals surface area (Å²) in [5.74, 6) is 0.606. The van der Waals surface area contributed by atoms with Crippen LogP contribution in [-0.2, 0) is 7.05 Å². The Morgan fingerprint density at radius 3 is 2.86 bits per heavy atom. The average molecular weight is 186 g/mol. The van der Waals surface area contributed by atoms with Gasteiger partial charge in [-0.2, -0.15) is 0 Å². The van der Waals surface area contributed by atoms with Crippen LogP contribution in [0.1, 0.15) is 17.9 Å². The second-order valence-corrected chi connectivity index (χ2v) is 4.25. The highest BCUT2D eigenvalue weighted by atomic mass is 14.9. The van der Waals surface area contributed by atoms with Gasteiger partial charge < -0.3 is 10.3 Å².